The van der Waals surface area contributed by atoms with Gasteiger partial charge in [-0.2, -0.15) is 5.10 Å². The van der Waals surface area contributed by atoms with Crippen LogP contribution in [0.15, 0.2) is 30.6 Å². The Morgan fingerprint density at radius 3 is 2.83 bits per heavy atom. The minimum absolute atomic E-state index is 0.570. The molecule has 0 aliphatic carbocycles. The van der Waals surface area contributed by atoms with Gasteiger partial charge in [0.25, 0.3) is 0 Å². The SMILES string of the molecule is COc1ccc(N)cc1-c1cnn(CC(C)C)c1. The van der Waals surface area contributed by atoms with Gasteiger partial charge < -0.3 is 10.5 Å². The first-order valence-corrected chi connectivity index (χ1v) is 6.06. The summed E-state index contributed by atoms with van der Waals surface area (Å²) in [6.07, 6.45) is 3.87. The molecule has 0 aliphatic heterocycles. The second kappa shape index (κ2) is 5.12. The largest absolute Gasteiger partial charge is 0.496 e. The molecule has 0 saturated heterocycles. The highest BCUT2D eigenvalue weighted by molar-refractivity contribution is 5.72. The van der Waals surface area contributed by atoms with Gasteiger partial charge >= 0.3 is 0 Å². The Morgan fingerprint density at radius 2 is 2.17 bits per heavy atom. The smallest absolute Gasteiger partial charge is 0.126 e. The Morgan fingerprint density at radius 1 is 1.39 bits per heavy atom. The van der Waals surface area contributed by atoms with Gasteiger partial charge in [0.15, 0.2) is 0 Å². The third-order valence-electron chi connectivity index (χ3n) is 2.72. The molecule has 2 aromatic rings. The topological polar surface area (TPSA) is 53.1 Å². The van der Waals surface area contributed by atoms with Gasteiger partial charge in [-0.1, -0.05) is 13.8 Å². The minimum atomic E-state index is 0.570. The summed E-state index contributed by atoms with van der Waals surface area (Å²) in [7, 11) is 1.66. The van der Waals surface area contributed by atoms with E-state index in [9.17, 15) is 0 Å². The fourth-order valence-corrected chi connectivity index (χ4v) is 1.93. The van der Waals surface area contributed by atoms with Gasteiger partial charge in [0, 0.05) is 29.6 Å². The second-order valence-corrected chi connectivity index (χ2v) is 4.80. The predicted octanol–water partition coefficient (Wildman–Crippen LogP) is 2.80. The van der Waals surface area contributed by atoms with E-state index in [1.807, 2.05) is 35.3 Å². The highest BCUT2D eigenvalue weighted by Crippen LogP contribution is 2.31. The molecule has 96 valence electrons. The van der Waals surface area contributed by atoms with Gasteiger partial charge in [0.05, 0.1) is 13.3 Å². The van der Waals surface area contributed by atoms with Crippen molar-refractivity contribution < 1.29 is 4.74 Å². The third-order valence-corrected chi connectivity index (χ3v) is 2.72. The molecule has 4 nitrogen and oxygen atoms in total. The molecule has 0 atom stereocenters. The fourth-order valence-electron chi connectivity index (χ4n) is 1.93. The van der Waals surface area contributed by atoms with Crippen LogP contribution in [-0.2, 0) is 6.54 Å². The number of anilines is 1. The van der Waals surface area contributed by atoms with Crippen molar-refractivity contribution in [2.75, 3.05) is 12.8 Å². The maximum atomic E-state index is 5.82. The molecule has 18 heavy (non-hydrogen) atoms. The summed E-state index contributed by atoms with van der Waals surface area (Å²) >= 11 is 0. The van der Waals surface area contributed by atoms with Crippen molar-refractivity contribution in [3.63, 3.8) is 0 Å². The molecule has 0 bridgehead atoms. The van der Waals surface area contributed by atoms with E-state index in [4.69, 9.17) is 10.5 Å². The number of benzene rings is 1. The molecule has 0 aliphatic rings. The van der Waals surface area contributed by atoms with Crippen LogP contribution >= 0.6 is 0 Å². The van der Waals surface area contributed by atoms with Crippen LogP contribution < -0.4 is 10.5 Å². The summed E-state index contributed by atoms with van der Waals surface area (Å²) in [5.74, 6) is 1.38. The van der Waals surface area contributed by atoms with E-state index in [0.717, 1.165) is 29.1 Å². The van der Waals surface area contributed by atoms with Crippen LogP contribution in [0.2, 0.25) is 0 Å². The third kappa shape index (κ3) is 2.64. The molecule has 0 spiro atoms. The zero-order valence-electron chi connectivity index (χ0n) is 11.1. The van der Waals surface area contributed by atoms with Crippen molar-refractivity contribution >= 4 is 5.69 Å². The molecule has 0 unspecified atom stereocenters. The lowest BCUT2D eigenvalue weighted by Gasteiger charge is -2.07. The number of nitrogen functional groups attached to an aromatic ring is 1. The van der Waals surface area contributed by atoms with Crippen molar-refractivity contribution in [1.29, 1.82) is 0 Å². The van der Waals surface area contributed by atoms with Gasteiger partial charge in [0.2, 0.25) is 0 Å². The molecule has 2 N–H and O–H groups in total. The number of methoxy groups -OCH3 is 1. The molecule has 0 radical (unpaired) electrons. The van der Waals surface area contributed by atoms with Gasteiger partial charge in [-0.3, -0.25) is 4.68 Å². The number of ether oxygens (including phenoxy) is 1. The van der Waals surface area contributed by atoms with Crippen LogP contribution in [0.4, 0.5) is 5.69 Å². The Kier molecular flexibility index (Phi) is 3.55. The molecule has 1 aromatic carbocycles. The first-order chi connectivity index (χ1) is 8.60. The molecule has 0 saturated carbocycles. The second-order valence-electron chi connectivity index (χ2n) is 4.80. The summed E-state index contributed by atoms with van der Waals surface area (Å²) in [5.41, 5.74) is 8.56. The summed E-state index contributed by atoms with van der Waals surface area (Å²) < 4.78 is 7.30. The van der Waals surface area contributed by atoms with E-state index in [1.54, 1.807) is 7.11 Å². The summed E-state index contributed by atoms with van der Waals surface area (Å²) in [5, 5.41) is 4.36. The summed E-state index contributed by atoms with van der Waals surface area (Å²) in [6, 6.07) is 5.63. The highest BCUT2D eigenvalue weighted by atomic mass is 16.5. The Bertz CT molecular complexity index is 532. The molecule has 0 amide bonds. The molecule has 4 heteroatoms. The Hall–Kier alpha value is -1.97. The van der Waals surface area contributed by atoms with Crippen LogP contribution in [0, 0.1) is 5.92 Å². The zero-order valence-corrected chi connectivity index (χ0v) is 11.1. The van der Waals surface area contributed by atoms with E-state index in [2.05, 4.69) is 18.9 Å². The zero-order chi connectivity index (χ0) is 13.1. The minimum Gasteiger partial charge on any atom is -0.496 e. The van der Waals surface area contributed by atoms with Crippen LogP contribution in [0.3, 0.4) is 0 Å². The number of nitrogens with two attached hydrogens (primary N) is 1. The highest BCUT2D eigenvalue weighted by Gasteiger charge is 2.09. The van der Waals surface area contributed by atoms with Crippen LogP contribution in [-0.4, -0.2) is 16.9 Å². The molecule has 2 rings (SSSR count). The molecular formula is C14H19N3O. The van der Waals surface area contributed by atoms with Gasteiger partial charge in [-0.05, 0) is 24.1 Å². The quantitative estimate of drug-likeness (QED) is 0.843. The van der Waals surface area contributed by atoms with Crippen molar-refractivity contribution in [2.24, 2.45) is 5.92 Å². The van der Waals surface area contributed by atoms with Crippen molar-refractivity contribution in [3.05, 3.63) is 30.6 Å². The van der Waals surface area contributed by atoms with Crippen molar-refractivity contribution in [2.45, 2.75) is 20.4 Å². The van der Waals surface area contributed by atoms with E-state index < -0.39 is 0 Å². The summed E-state index contributed by atoms with van der Waals surface area (Å²) in [4.78, 5) is 0. The van der Waals surface area contributed by atoms with Gasteiger partial charge in [-0.25, -0.2) is 0 Å². The Labute approximate surface area is 107 Å². The van der Waals surface area contributed by atoms with Crippen LogP contribution in [0.25, 0.3) is 11.1 Å². The fraction of sp³-hybridized carbons (Fsp3) is 0.357. The van der Waals surface area contributed by atoms with Gasteiger partial charge in [-0.15, -0.1) is 0 Å². The van der Waals surface area contributed by atoms with E-state index in [-0.39, 0.29) is 0 Å². The maximum absolute atomic E-state index is 5.82. The maximum Gasteiger partial charge on any atom is 0.126 e. The lowest BCUT2D eigenvalue weighted by molar-refractivity contribution is 0.416. The molecule has 0 fully saturated rings. The van der Waals surface area contributed by atoms with E-state index in [0.29, 0.717) is 5.92 Å². The van der Waals surface area contributed by atoms with E-state index in [1.165, 1.54) is 0 Å². The number of hydrogen-bond acceptors (Lipinski definition) is 3. The lowest BCUT2D eigenvalue weighted by Crippen LogP contribution is -2.04. The molecule has 1 heterocycles. The van der Waals surface area contributed by atoms with Crippen LogP contribution in [0.1, 0.15) is 13.8 Å². The lowest BCUT2D eigenvalue weighted by atomic mass is 10.1. The Balaban J connectivity index is 2.36. The average molecular weight is 245 g/mol. The standard InChI is InChI=1S/C14H19N3O/c1-10(2)8-17-9-11(7-16-17)13-6-12(15)4-5-14(13)18-3/h4-7,9-10H,8,15H2,1-3H3. The normalized spacial score (nSPS) is 10.9. The first kappa shape index (κ1) is 12.5. The predicted molar refractivity (Wildman–Crippen MR) is 73.5 cm³/mol. The number of hydrogen-bond donors (Lipinski definition) is 1. The number of nitrogens with zero attached hydrogens (tertiary/aromatic N) is 2. The summed E-state index contributed by atoms with van der Waals surface area (Å²) in [6.45, 7) is 5.25. The van der Waals surface area contributed by atoms with Crippen molar-refractivity contribution in [3.8, 4) is 16.9 Å². The first-order valence-electron chi connectivity index (χ1n) is 6.06. The van der Waals surface area contributed by atoms with E-state index >= 15 is 0 Å². The van der Waals surface area contributed by atoms with Crippen LogP contribution in [0.5, 0.6) is 5.75 Å². The number of rotatable bonds is 4. The van der Waals surface area contributed by atoms with Crippen molar-refractivity contribution in [1.82, 2.24) is 9.78 Å². The molecule has 1 aromatic heterocycles. The number of aromatic nitrogens is 2. The molecular weight excluding hydrogens is 226 g/mol. The average Bonchev–Trinajstić information content (AvgIpc) is 2.76. The van der Waals surface area contributed by atoms with Gasteiger partial charge in [0.1, 0.15) is 5.75 Å². The monoisotopic (exact) mass is 245 g/mol.